The monoisotopic (exact) mass is 305 g/mol. The smallest absolute Gasteiger partial charge is 0.407 e. The van der Waals surface area contributed by atoms with Gasteiger partial charge < -0.3 is 19.5 Å². The van der Waals surface area contributed by atoms with Crippen LogP contribution in [0, 0.1) is 0 Å². The van der Waals surface area contributed by atoms with Crippen molar-refractivity contribution in [3.8, 4) is 5.75 Å². The van der Waals surface area contributed by atoms with Gasteiger partial charge >= 0.3 is 12.1 Å². The molecule has 2 rings (SSSR count). The molecule has 1 saturated heterocycles. The number of carboxylic acid groups (broad SMARTS) is 1. The number of benzene rings is 1. The Kier molecular flexibility index (Phi) is 5.04. The van der Waals surface area contributed by atoms with Gasteiger partial charge in [-0.3, -0.25) is 0 Å². The number of rotatable bonds is 3. The number of carbonyl (C=O) groups is 2. The predicted molar refractivity (Wildman–Crippen MR) is 81.1 cm³/mol. The Morgan fingerprint density at radius 2 is 1.91 bits per heavy atom. The van der Waals surface area contributed by atoms with E-state index in [-0.39, 0.29) is 0 Å². The third-order valence-electron chi connectivity index (χ3n) is 3.68. The third kappa shape index (κ3) is 3.58. The number of amides is 1. The number of hydrogen-bond donors (Lipinski definition) is 1. The van der Waals surface area contributed by atoms with E-state index in [2.05, 4.69) is 0 Å². The minimum absolute atomic E-state index is 0.382. The molecule has 0 bridgehead atoms. The van der Waals surface area contributed by atoms with E-state index in [9.17, 15) is 9.59 Å². The van der Waals surface area contributed by atoms with Crippen LogP contribution in [0.1, 0.15) is 28.8 Å². The van der Waals surface area contributed by atoms with Crippen molar-refractivity contribution in [2.45, 2.75) is 12.8 Å². The maximum absolute atomic E-state index is 11.6. The Hall–Kier alpha value is -2.50. The Balaban J connectivity index is 2.15. The first-order valence-electron chi connectivity index (χ1n) is 6.99. The maximum atomic E-state index is 11.6. The summed E-state index contributed by atoms with van der Waals surface area (Å²) >= 11 is 0. The van der Waals surface area contributed by atoms with Gasteiger partial charge in [-0.05, 0) is 30.5 Å². The molecule has 0 aromatic heterocycles. The van der Waals surface area contributed by atoms with E-state index >= 15 is 0 Å². The second-order valence-electron chi connectivity index (χ2n) is 5.02. The van der Waals surface area contributed by atoms with Gasteiger partial charge in [0.1, 0.15) is 11.3 Å². The quantitative estimate of drug-likeness (QED) is 0.869. The fourth-order valence-corrected chi connectivity index (χ4v) is 2.44. The van der Waals surface area contributed by atoms with Gasteiger partial charge in [-0.25, -0.2) is 9.59 Å². The van der Waals surface area contributed by atoms with Crippen LogP contribution in [0.4, 0.5) is 4.79 Å². The number of carbonyl (C=O) groups excluding carboxylic acids is 1. The van der Waals surface area contributed by atoms with Gasteiger partial charge in [0.2, 0.25) is 0 Å². The van der Waals surface area contributed by atoms with Crippen molar-refractivity contribution in [1.29, 1.82) is 0 Å². The fourth-order valence-electron chi connectivity index (χ4n) is 2.44. The zero-order valence-electron chi connectivity index (χ0n) is 12.7. The summed E-state index contributed by atoms with van der Waals surface area (Å²) in [6, 6.07) is 5.28. The Morgan fingerprint density at radius 1 is 1.23 bits per heavy atom. The van der Waals surface area contributed by atoms with E-state index in [0.717, 1.165) is 5.56 Å². The first-order chi connectivity index (χ1) is 10.5. The van der Waals surface area contributed by atoms with Crippen molar-refractivity contribution in [3.05, 3.63) is 34.9 Å². The summed E-state index contributed by atoms with van der Waals surface area (Å²) in [6.07, 6.45) is 2.58. The summed E-state index contributed by atoms with van der Waals surface area (Å²) < 4.78 is 9.94. The molecule has 0 saturated carbocycles. The van der Waals surface area contributed by atoms with Gasteiger partial charge in [-0.1, -0.05) is 17.7 Å². The van der Waals surface area contributed by atoms with Crippen molar-refractivity contribution >= 4 is 18.1 Å². The molecule has 1 aromatic rings. The van der Waals surface area contributed by atoms with Crippen LogP contribution in [0.15, 0.2) is 23.8 Å². The van der Waals surface area contributed by atoms with E-state index in [0.29, 0.717) is 37.2 Å². The molecule has 1 aromatic carbocycles. The molecular formula is C16H19NO5. The van der Waals surface area contributed by atoms with Crippen molar-refractivity contribution in [1.82, 2.24) is 4.90 Å². The lowest BCUT2D eigenvalue weighted by Gasteiger charge is -2.25. The van der Waals surface area contributed by atoms with Gasteiger partial charge in [0.25, 0.3) is 0 Å². The minimum Gasteiger partial charge on any atom is -0.496 e. The highest BCUT2D eigenvalue weighted by Gasteiger charge is 2.18. The predicted octanol–water partition coefficient (Wildman–Crippen LogP) is 2.64. The van der Waals surface area contributed by atoms with Crippen molar-refractivity contribution in [3.63, 3.8) is 0 Å². The van der Waals surface area contributed by atoms with Crippen LogP contribution < -0.4 is 4.74 Å². The van der Waals surface area contributed by atoms with Gasteiger partial charge in [0.15, 0.2) is 0 Å². The van der Waals surface area contributed by atoms with Crippen LogP contribution in [0.3, 0.4) is 0 Å². The van der Waals surface area contributed by atoms with Crippen LogP contribution in [-0.4, -0.2) is 49.4 Å². The molecule has 1 N–H and O–H groups in total. The number of esters is 1. The van der Waals surface area contributed by atoms with Crippen LogP contribution in [0.2, 0.25) is 0 Å². The van der Waals surface area contributed by atoms with Crippen LogP contribution in [0.5, 0.6) is 5.75 Å². The zero-order valence-corrected chi connectivity index (χ0v) is 12.7. The second kappa shape index (κ2) is 6.98. The molecule has 0 atom stereocenters. The summed E-state index contributed by atoms with van der Waals surface area (Å²) in [4.78, 5) is 23.9. The summed E-state index contributed by atoms with van der Waals surface area (Å²) in [5.41, 5.74) is 2.49. The fraction of sp³-hybridized carbons (Fsp3) is 0.375. The summed E-state index contributed by atoms with van der Waals surface area (Å²) in [7, 11) is 2.83. The zero-order chi connectivity index (χ0) is 16.1. The molecule has 0 aliphatic carbocycles. The topological polar surface area (TPSA) is 76.1 Å². The lowest BCUT2D eigenvalue weighted by Crippen LogP contribution is -2.35. The number of hydrogen-bond acceptors (Lipinski definition) is 4. The first kappa shape index (κ1) is 15.9. The third-order valence-corrected chi connectivity index (χ3v) is 3.68. The highest BCUT2D eigenvalue weighted by atomic mass is 16.5. The molecule has 1 heterocycles. The van der Waals surface area contributed by atoms with Crippen LogP contribution in [0.25, 0.3) is 6.08 Å². The molecule has 6 nitrogen and oxygen atoms in total. The van der Waals surface area contributed by atoms with Gasteiger partial charge in [0.05, 0.1) is 14.2 Å². The Bertz CT molecular complexity index is 599. The Morgan fingerprint density at radius 3 is 2.45 bits per heavy atom. The average Bonchev–Trinajstić information content (AvgIpc) is 2.54. The Labute approximate surface area is 128 Å². The minimum atomic E-state index is -0.872. The number of likely N-dealkylation sites (tertiary alicyclic amines) is 1. The number of piperidine rings is 1. The van der Waals surface area contributed by atoms with Crippen molar-refractivity contribution < 1.29 is 24.2 Å². The van der Waals surface area contributed by atoms with Crippen LogP contribution in [-0.2, 0) is 4.74 Å². The van der Waals surface area contributed by atoms with Gasteiger partial charge in [-0.15, -0.1) is 0 Å². The van der Waals surface area contributed by atoms with Gasteiger partial charge in [-0.2, -0.15) is 0 Å². The van der Waals surface area contributed by atoms with Crippen molar-refractivity contribution in [2.75, 3.05) is 27.3 Å². The molecular weight excluding hydrogens is 286 g/mol. The SMILES string of the molecule is COC(=O)c1ccc(C=C2CCN(C(=O)O)CC2)cc1OC. The average molecular weight is 305 g/mol. The largest absolute Gasteiger partial charge is 0.496 e. The van der Waals surface area contributed by atoms with E-state index in [1.54, 1.807) is 12.1 Å². The van der Waals surface area contributed by atoms with E-state index in [1.807, 2.05) is 12.1 Å². The number of nitrogens with zero attached hydrogens (tertiary/aromatic N) is 1. The molecule has 0 unspecified atom stereocenters. The summed E-state index contributed by atoms with van der Waals surface area (Å²) in [6.45, 7) is 1.02. The maximum Gasteiger partial charge on any atom is 0.407 e. The normalized spacial score (nSPS) is 14.5. The number of methoxy groups -OCH3 is 2. The van der Waals surface area contributed by atoms with E-state index < -0.39 is 12.1 Å². The highest BCUT2D eigenvalue weighted by Crippen LogP contribution is 2.25. The van der Waals surface area contributed by atoms with Crippen LogP contribution >= 0.6 is 0 Å². The molecule has 6 heteroatoms. The molecule has 0 radical (unpaired) electrons. The van der Waals surface area contributed by atoms with Gasteiger partial charge in [0, 0.05) is 13.1 Å². The summed E-state index contributed by atoms with van der Waals surface area (Å²) in [5, 5.41) is 8.93. The second-order valence-corrected chi connectivity index (χ2v) is 5.02. The lowest BCUT2D eigenvalue weighted by atomic mass is 10.0. The summed E-state index contributed by atoms with van der Waals surface area (Å²) in [5.74, 6) is 0.0231. The van der Waals surface area contributed by atoms with E-state index in [4.69, 9.17) is 14.6 Å². The highest BCUT2D eigenvalue weighted by molar-refractivity contribution is 5.92. The molecule has 1 aliphatic heterocycles. The molecule has 22 heavy (non-hydrogen) atoms. The molecule has 0 spiro atoms. The number of ether oxygens (including phenoxy) is 2. The molecule has 118 valence electrons. The van der Waals surface area contributed by atoms with E-state index in [1.165, 1.54) is 24.7 Å². The molecule has 1 fully saturated rings. The lowest BCUT2D eigenvalue weighted by molar-refractivity contribution is 0.0597. The molecule has 1 amide bonds. The van der Waals surface area contributed by atoms with Crippen molar-refractivity contribution in [2.24, 2.45) is 0 Å². The molecule has 1 aliphatic rings. The standard InChI is InChI=1S/C16H19NO5/c1-21-14-10-12(3-4-13(14)15(18)22-2)9-11-5-7-17(8-6-11)16(19)20/h3-4,9-10H,5-8H2,1-2H3,(H,19,20). The first-order valence-corrected chi connectivity index (χ1v) is 6.99.